The van der Waals surface area contributed by atoms with Gasteiger partial charge in [0.1, 0.15) is 0 Å². The lowest BCUT2D eigenvalue weighted by Crippen LogP contribution is -1.90. The first kappa shape index (κ1) is 9.89. The van der Waals surface area contributed by atoms with Gasteiger partial charge in [-0.1, -0.05) is 24.3 Å². The van der Waals surface area contributed by atoms with Crippen LogP contribution in [0.4, 0.5) is 0 Å². The maximum absolute atomic E-state index is 4.58. The summed E-state index contributed by atoms with van der Waals surface area (Å²) in [5, 5.41) is 1.35. The lowest BCUT2D eigenvalue weighted by Gasteiger charge is -2.03. The maximum Gasteiger partial charge on any atom is 0.0899 e. The molecule has 0 saturated heterocycles. The molecule has 2 heteroatoms. The zero-order chi connectivity index (χ0) is 11.9. The number of hydrogen-bond donors (Lipinski definition) is 1. The van der Waals surface area contributed by atoms with Crippen molar-refractivity contribution in [3.8, 4) is 11.4 Å². The van der Waals surface area contributed by atoms with Crippen LogP contribution in [0.5, 0.6) is 0 Å². The highest BCUT2D eigenvalue weighted by Crippen LogP contribution is 2.34. The van der Waals surface area contributed by atoms with Gasteiger partial charge in [0.05, 0.1) is 11.4 Å². The monoisotopic (exact) mass is 234 g/mol. The van der Waals surface area contributed by atoms with E-state index < -0.39 is 0 Å². The van der Waals surface area contributed by atoms with Crippen molar-refractivity contribution in [1.29, 1.82) is 0 Å². The molecule has 0 unspecified atom stereocenters. The fourth-order valence-corrected chi connectivity index (χ4v) is 2.98. The molecule has 2 nitrogen and oxygen atoms in total. The van der Waals surface area contributed by atoms with Crippen molar-refractivity contribution >= 4 is 10.9 Å². The van der Waals surface area contributed by atoms with Crippen LogP contribution in [0.3, 0.4) is 0 Å². The number of aryl methyl sites for hydroxylation is 2. The molecule has 0 spiro atoms. The standard InChI is InChI=1S/C16H14N2/c1-2-9-14-12(7-1)13-8-3-5-11-6-4-10-17-15(11)16(13)18-14/h1-2,4,6-7,9-10,18H,3,5,8H2. The number of aromatic amines is 1. The largest absolute Gasteiger partial charge is 0.353 e. The summed E-state index contributed by atoms with van der Waals surface area (Å²) < 4.78 is 0. The van der Waals surface area contributed by atoms with Gasteiger partial charge < -0.3 is 4.98 Å². The van der Waals surface area contributed by atoms with Crippen molar-refractivity contribution in [3.05, 3.63) is 53.7 Å². The number of rotatable bonds is 0. The van der Waals surface area contributed by atoms with E-state index in [1.807, 2.05) is 12.3 Å². The van der Waals surface area contributed by atoms with Crippen LogP contribution in [0.2, 0.25) is 0 Å². The molecule has 1 aliphatic carbocycles. The number of fused-ring (bicyclic) bond motifs is 5. The third-order valence-electron chi connectivity index (χ3n) is 3.81. The molecule has 2 aromatic heterocycles. The zero-order valence-corrected chi connectivity index (χ0v) is 10.1. The van der Waals surface area contributed by atoms with Crippen LogP contribution in [-0.4, -0.2) is 9.97 Å². The molecule has 0 aliphatic heterocycles. The fraction of sp³-hybridized carbons (Fsp3) is 0.188. The van der Waals surface area contributed by atoms with Crippen LogP contribution in [0.15, 0.2) is 42.6 Å². The summed E-state index contributed by atoms with van der Waals surface area (Å²) in [6, 6.07) is 12.8. The molecule has 0 radical (unpaired) electrons. The van der Waals surface area contributed by atoms with Gasteiger partial charge >= 0.3 is 0 Å². The molecule has 2 heterocycles. The molecule has 0 fully saturated rings. The maximum atomic E-state index is 4.58. The van der Waals surface area contributed by atoms with Crippen LogP contribution < -0.4 is 0 Å². The van der Waals surface area contributed by atoms with E-state index in [0.29, 0.717) is 0 Å². The zero-order valence-electron chi connectivity index (χ0n) is 10.1. The Labute approximate surface area is 106 Å². The fourth-order valence-electron chi connectivity index (χ4n) is 2.98. The summed E-state index contributed by atoms with van der Waals surface area (Å²) in [6.07, 6.45) is 5.35. The summed E-state index contributed by atoms with van der Waals surface area (Å²) in [5.74, 6) is 0. The Bertz CT molecular complexity index is 725. The van der Waals surface area contributed by atoms with E-state index in [-0.39, 0.29) is 0 Å². The van der Waals surface area contributed by atoms with Gasteiger partial charge in [-0.3, -0.25) is 4.98 Å². The molecule has 0 atom stereocenters. The second kappa shape index (κ2) is 3.70. The van der Waals surface area contributed by atoms with Crippen LogP contribution in [0.25, 0.3) is 22.3 Å². The van der Waals surface area contributed by atoms with Gasteiger partial charge in [0, 0.05) is 17.1 Å². The Kier molecular flexibility index (Phi) is 2.04. The molecule has 1 aliphatic rings. The van der Waals surface area contributed by atoms with Crippen molar-refractivity contribution < 1.29 is 0 Å². The van der Waals surface area contributed by atoms with Crippen molar-refractivity contribution in [2.24, 2.45) is 0 Å². The third-order valence-corrected chi connectivity index (χ3v) is 3.81. The van der Waals surface area contributed by atoms with Gasteiger partial charge in [-0.05, 0) is 42.5 Å². The second-order valence-corrected chi connectivity index (χ2v) is 4.89. The number of pyridine rings is 1. The highest BCUT2D eigenvalue weighted by molar-refractivity contribution is 5.90. The van der Waals surface area contributed by atoms with Gasteiger partial charge in [-0.2, -0.15) is 0 Å². The van der Waals surface area contributed by atoms with Crippen LogP contribution in [-0.2, 0) is 12.8 Å². The number of nitrogens with zero attached hydrogens (tertiary/aromatic N) is 1. The minimum Gasteiger partial charge on any atom is -0.353 e. The first-order chi connectivity index (χ1) is 8.93. The summed E-state index contributed by atoms with van der Waals surface area (Å²) in [4.78, 5) is 8.13. The molecular formula is C16H14N2. The number of aromatic nitrogens is 2. The smallest absolute Gasteiger partial charge is 0.0899 e. The van der Waals surface area contributed by atoms with E-state index in [0.717, 1.165) is 18.5 Å². The summed E-state index contributed by atoms with van der Waals surface area (Å²) in [6.45, 7) is 0. The molecule has 18 heavy (non-hydrogen) atoms. The summed E-state index contributed by atoms with van der Waals surface area (Å²) >= 11 is 0. The minimum atomic E-state index is 1.13. The number of hydrogen-bond acceptors (Lipinski definition) is 1. The summed E-state index contributed by atoms with van der Waals surface area (Å²) in [7, 11) is 0. The highest BCUT2D eigenvalue weighted by atomic mass is 14.8. The lowest BCUT2D eigenvalue weighted by molar-refractivity contribution is 0.837. The van der Waals surface area contributed by atoms with Gasteiger partial charge in [-0.15, -0.1) is 0 Å². The van der Waals surface area contributed by atoms with E-state index in [2.05, 4.69) is 40.3 Å². The van der Waals surface area contributed by atoms with Crippen molar-refractivity contribution in [2.45, 2.75) is 19.3 Å². The van der Waals surface area contributed by atoms with Gasteiger partial charge in [0.25, 0.3) is 0 Å². The van der Waals surface area contributed by atoms with E-state index >= 15 is 0 Å². The van der Waals surface area contributed by atoms with E-state index in [4.69, 9.17) is 0 Å². The van der Waals surface area contributed by atoms with E-state index in [9.17, 15) is 0 Å². The normalized spacial score (nSPS) is 14.0. The number of para-hydroxylation sites is 1. The predicted molar refractivity (Wildman–Crippen MR) is 73.6 cm³/mol. The Morgan fingerprint density at radius 2 is 1.94 bits per heavy atom. The lowest BCUT2D eigenvalue weighted by atomic mass is 10.1. The molecule has 0 saturated carbocycles. The van der Waals surface area contributed by atoms with Crippen LogP contribution >= 0.6 is 0 Å². The quantitative estimate of drug-likeness (QED) is 0.631. The summed E-state index contributed by atoms with van der Waals surface area (Å²) in [5.41, 5.74) is 6.39. The first-order valence-corrected chi connectivity index (χ1v) is 6.47. The molecule has 0 amide bonds. The highest BCUT2D eigenvalue weighted by Gasteiger charge is 2.19. The average Bonchev–Trinajstić information content (AvgIpc) is 2.69. The minimum absolute atomic E-state index is 1.13. The third kappa shape index (κ3) is 1.32. The number of benzene rings is 1. The Balaban J connectivity index is 2.09. The Morgan fingerprint density at radius 3 is 2.94 bits per heavy atom. The van der Waals surface area contributed by atoms with E-state index in [1.54, 1.807) is 0 Å². The number of nitrogens with one attached hydrogen (secondary N) is 1. The molecule has 4 rings (SSSR count). The SMILES string of the molecule is c1cnc2c(c1)CCCc1c-2[nH]c2ccccc12. The second-order valence-electron chi connectivity index (χ2n) is 4.89. The van der Waals surface area contributed by atoms with Crippen molar-refractivity contribution in [1.82, 2.24) is 9.97 Å². The first-order valence-electron chi connectivity index (χ1n) is 6.47. The molecule has 1 N–H and O–H groups in total. The Hall–Kier alpha value is -2.09. The molecule has 88 valence electrons. The topological polar surface area (TPSA) is 28.7 Å². The van der Waals surface area contributed by atoms with Gasteiger partial charge in [-0.25, -0.2) is 0 Å². The molecule has 0 bridgehead atoms. The molecular weight excluding hydrogens is 220 g/mol. The average molecular weight is 234 g/mol. The van der Waals surface area contributed by atoms with Gasteiger partial charge in [0.2, 0.25) is 0 Å². The molecule has 1 aromatic carbocycles. The van der Waals surface area contributed by atoms with E-state index in [1.165, 1.54) is 34.1 Å². The van der Waals surface area contributed by atoms with Crippen LogP contribution in [0, 0.1) is 0 Å². The van der Waals surface area contributed by atoms with Gasteiger partial charge in [0.15, 0.2) is 0 Å². The predicted octanol–water partition coefficient (Wildman–Crippen LogP) is 3.72. The Morgan fingerprint density at radius 1 is 1.00 bits per heavy atom. The van der Waals surface area contributed by atoms with Crippen molar-refractivity contribution in [2.75, 3.05) is 0 Å². The van der Waals surface area contributed by atoms with Crippen molar-refractivity contribution in [3.63, 3.8) is 0 Å². The number of H-pyrrole nitrogens is 1. The molecule has 3 aromatic rings. The van der Waals surface area contributed by atoms with Crippen LogP contribution in [0.1, 0.15) is 17.5 Å².